The maximum absolute atomic E-state index is 10.8. The van der Waals surface area contributed by atoms with Gasteiger partial charge in [0.2, 0.25) is 0 Å². The van der Waals surface area contributed by atoms with Crippen LogP contribution in [0.1, 0.15) is 12.5 Å². The van der Waals surface area contributed by atoms with E-state index in [1.807, 2.05) is 0 Å². The van der Waals surface area contributed by atoms with Crippen molar-refractivity contribution < 1.29 is 9.85 Å². The van der Waals surface area contributed by atoms with Gasteiger partial charge in [0.1, 0.15) is 0 Å². The van der Waals surface area contributed by atoms with Crippen LogP contribution in [0.4, 0.5) is 17.1 Å². The maximum Gasteiger partial charge on any atom is 0.299 e. The molecule has 0 heterocycles. The van der Waals surface area contributed by atoms with Crippen molar-refractivity contribution in [1.82, 2.24) is 0 Å². The molecule has 7 heteroatoms. The molecule has 0 atom stereocenters. The van der Waals surface area contributed by atoms with Gasteiger partial charge in [-0.2, -0.15) is 0 Å². The molecule has 0 aromatic heterocycles. The van der Waals surface area contributed by atoms with Crippen LogP contribution in [0, 0.1) is 27.2 Å². The Morgan fingerprint density at radius 2 is 1.62 bits per heavy atom. The summed E-state index contributed by atoms with van der Waals surface area (Å²) in [4.78, 5) is 20.3. The average molecular weight is 225 g/mol. The SMILES string of the molecule is CCNc1c([N+](=O)[O-])cc(C)cc1[N+](=O)[O-]. The first-order valence-electron chi connectivity index (χ1n) is 4.64. The Balaban J connectivity index is 3.47. The number of hydrogen-bond acceptors (Lipinski definition) is 5. The number of aryl methyl sites for hydroxylation is 1. The zero-order chi connectivity index (χ0) is 12.3. The molecular weight excluding hydrogens is 214 g/mol. The van der Waals surface area contributed by atoms with Crippen molar-refractivity contribution in [1.29, 1.82) is 0 Å². The summed E-state index contributed by atoms with van der Waals surface area (Å²) >= 11 is 0. The van der Waals surface area contributed by atoms with E-state index in [-0.39, 0.29) is 17.1 Å². The summed E-state index contributed by atoms with van der Waals surface area (Å²) in [6.45, 7) is 3.67. The van der Waals surface area contributed by atoms with E-state index in [9.17, 15) is 20.2 Å². The summed E-state index contributed by atoms with van der Waals surface area (Å²) in [5.74, 6) is 0. The molecule has 7 nitrogen and oxygen atoms in total. The second kappa shape index (κ2) is 4.56. The Bertz CT molecular complexity index is 409. The minimum absolute atomic E-state index is 0.0388. The summed E-state index contributed by atoms with van der Waals surface area (Å²) < 4.78 is 0. The van der Waals surface area contributed by atoms with E-state index >= 15 is 0 Å². The third-order valence-corrected chi connectivity index (χ3v) is 1.99. The van der Waals surface area contributed by atoms with Crippen molar-refractivity contribution in [2.75, 3.05) is 11.9 Å². The topological polar surface area (TPSA) is 98.3 Å². The first kappa shape index (κ1) is 11.9. The van der Waals surface area contributed by atoms with Gasteiger partial charge in [0.25, 0.3) is 11.4 Å². The van der Waals surface area contributed by atoms with Gasteiger partial charge in [-0.15, -0.1) is 0 Å². The molecule has 1 rings (SSSR count). The lowest BCUT2D eigenvalue weighted by molar-refractivity contribution is -0.392. The second-order valence-electron chi connectivity index (χ2n) is 3.22. The third kappa shape index (κ3) is 2.25. The molecule has 1 N–H and O–H groups in total. The standard InChI is InChI=1S/C9H11N3O4/c1-3-10-9-7(11(13)14)4-6(2)5-8(9)12(15)16/h4-5,10H,3H2,1-2H3. The Kier molecular flexibility index (Phi) is 3.39. The van der Waals surface area contributed by atoms with Crippen molar-refractivity contribution in [3.8, 4) is 0 Å². The predicted molar refractivity (Wildman–Crippen MR) is 58.7 cm³/mol. The number of nitrogens with one attached hydrogen (secondary N) is 1. The van der Waals surface area contributed by atoms with E-state index in [2.05, 4.69) is 5.32 Å². The molecule has 0 aliphatic rings. The van der Waals surface area contributed by atoms with E-state index in [0.717, 1.165) is 0 Å². The van der Waals surface area contributed by atoms with Crippen LogP contribution in [0.2, 0.25) is 0 Å². The highest BCUT2D eigenvalue weighted by Crippen LogP contribution is 2.35. The van der Waals surface area contributed by atoms with E-state index in [0.29, 0.717) is 12.1 Å². The van der Waals surface area contributed by atoms with Crippen LogP contribution in [0.15, 0.2) is 12.1 Å². The molecule has 1 aromatic rings. The van der Waals surface area contributed by atoms with E-state index in [4.69, 9.17) is 0 Å². The fraction of sp³-hybridized carbons (Fsp3) is 0.333. The van der Waals surface area contributed by atoms with Crippen LogP contribution in [0.3, 0.4) is 0 Å². The summed E-state index contributed by atoms with van der Waals surface area (Å²) in [6, 6.07) is 2.62. The van der Waals surface area contributed by atoms with Gasteiger partial charge < -0.3 is 5.32 Å². The second-order valence-corrected chi connectivity index (χ2v) is 3.22. The molecule has 0 spiro atoms. The molecule has 0 saturated carbocycles. The fourth-order valence-corrected chi connectivity index (χ4v) is 1.39. The molecule has 0 unspecified atom stereocenters. The van der Waals surface area contributed by atoms with Gasteiger partial charge in [-0.05, 0) is 19.4 Å². The van der Waals surface area contributed by atoms with Crippen LogP contribution in [-0.2, 0) is 0 Å². The normalized spacial score (nSPS) is 9.88. The Labute approximate surface area is 91.4 Å². The van der Waals surface area contributed by atoms with Gasteiger partial charge >= 0.3 is 0 Å². The summed E-state index contributed by atoms with van der Waals surface area (Å²) in [7, 11) is 0. The number of rotatable bonds is 4. The average Bonchev–Trinajstić information content (AvgIpc) is 2.19. The Hall–Kier alpha value is -2.18. The van der Waals surface area contributed by atoms with Crippen LogP contribution < -0.4 is 5.32 Å². The van der Waals surface area contributed by atoms with Crippen molar-refractivity contribution in [3.05, 3.63) is 37.9 Å². The molecule has 0 bridgehead atoms. The Morgan fingerprint density at radius 3 is 1.94 bits per heavy atom. The van der Waals surface area contributed by atoms with Gasteiger partial charge in [-0.1, -0.05) is 0 Å². The highest BCUT2D eigenvalue weighted by atomic mass is 16.6. The maximum atomic E-state index is 10.8. The summed E-state index contributed by atoms with van der Waals surface area (Å²) in [5.41, 5.74) is -0.0924. The lowest BCUT2D eigenvalue weighted by Crippen LogP contribution is -2.05. The summed E-state index contributed by atoms with van der Waals surface area (Å²) in [5, 5.41) is 24.2. The van der Waals surface area contributed by atoms with Crippen molar-refractivity contribution in [2.24, 2.45) is 0 Å². The molecule has 0 amide bonds. The highest BCUT2D eigenvalue weighted by Gasteiger charge is 2.25. The number of nitro benzene ring substituents is 2. The minimum Gasteiger partial charge on any atom is -0.374 e. The van der Waals surface area contributed by atoms with Crippen LogP contribution in [0.5, 0.6) is 0 Å². The quantitative estimate of drug-likeness (QED) is 0.625. The predicted octanol–water partition coefficient (Wildman–Crippen LogP) is 2.24. The number of anilines is 1. The van der Waals surface area contributed by atoms with E-state index in [1.165, 1.54) is 12.1 Å². The molecule has 0 radical (unpaired) electrons. The zero-order valence-electron chi connectivity index (χ0n) is 8.89. The molecule has 86 valence electrons. The molecule has 0 aliphatic heterocycles. The van der Waals surface area contributed by atoms with Crippen molar-refractivity contribution in [3.63, 3.8) is 0 Å². The van der Waals surface area contributed by atoms with E-state index in [1.54, 1.807) is 13.8 Å². The molecule has 0 aliphatic carbocycles. The number of nitro groups is 2. The number of nitrogens with zero attached hydrogens (tertiary/aromatic N) is 2. The lowest BCUT2D eigenvalue weighted by atomic mass is 10.1. The molecule has 0 saturated heterocycles. The smallest absolute Gasteiger partial charge is 0.299 e. The van der Waals surface area contributed by atoms with Gasteiger partial charge in [-0.25, -0.2) is 0 Å². The van der Waals surface area contributed by atoms with Gasteiger partial charge in [-0.3, -0.25) is 20.2 Å². The lowest BCUT2D eigenvalue weighted by Gasteiger charge is -2.06. The minimum atomic E-state index is -0.627. The van der Waals surface area contributed by atoms with Gasteiger partial charge in [0.05, 0.1) is 9.85 Å². The molecule has 1 aromatic carbocycles. The van der Waals surface area contributed by atoms with Crippen LogP contribution in [0.25, 0.3) is 0 Å². The molecule has 0 fully saturated rings. The van der Waals surface area contributed by atoms with E-state index < -0.39 is 9.85 Å². The molecule has 16 heavy (non-hydrogen) atoms. The first-order chi connectivity index (χ1) is 7.47. The Morgan fingerprint density at radius 1 is 1.19 bits per heavy atom. The van der Waals surface area contributed by atoms with Crippen molar-refractivity contribution in [2.45, 2.75) is 13.8 Å². The zero-order valence-corrected chi connectivity index (χ0v) is 8.89. The number of hydrogen-bond donors (Lipinski definition) is 1. The van der Waals surface area contributed by atoms with Gasteiger partial charge in [0.15, 0.2) is 5.69 Å². The fourth-order valence-electron chi connectivity index (χ4n) is 1.39. The third-order valence-electron chi connectivity index (χ3n) is 1.99. The van der Waals surface area contributed by atoms with Crippen molar-refractivity contribution >= 4 is 17.1 Å². The molecular formula is C9H11N3O4. The largest absolute Gasteiger partial charge is 0.374 e. The first-order valence-corrected chi connectivity index (χ1v) is 4.64. The van der Waals surface area contributed by atoms with Gasteiger partial charge in [0, 0.05) is 18.7 Å². The van der Waals surface area contributed by atoms with Crippen LogP contribution in [-0.4, -0.2) is 16.4 Å². The van der Waals surface area contributed by atoms with Crippen LogP contribution >= 0.6 is 0 Å². The highest BCUT2D eigenvalue weighted by molar-refractivity contribution is 5.74. The monoisotopic (exact) mass is 225 g/mol. The summed E-state index contributed by atoms with van der Waals surface area (Å²) in [6.07, 6.45) is 0. The number of benzene rings is 1.